The van der Waals surface area contributed by atoms with Crippen LogP contribution in [-0.2, 0) is 6.54 Å². The number of hydrazone groups is 1. The van der Waals surface area contributed by atoms with Crippen LogP contribution in [0.25, 0.3) is 10.9 Å². The number of halogens is 1. The molecule has 0 fully saturated rings. The SMILES string of the molecule is CCCCn1c(Cl)c(/C=N\Nc2ccccc2[N+](=O)[O-])c2ccccc21. The summed E-state index contributed by atoms with van der Waals surface area (Å²) in [5.74, 6) is 0. The number of fused-ring (bicyclic) bond motifs is 1. The van der Waals surface area contributed by atoms with Crippen molar-refractivity contribution in [2.24, 2.45) is 5.10 Å². The molecule has 3 rings (SSSR count). The number of unbranched alkanes of at least 4 members (excludes halogenated alkanes) is 1. The van der Waals surface area contributed by atoms with Gasteiger partial charge in [0.1, 0.15) is 10.8 Å². The number of aromatic nitrogens is 1. The van der Waals surface area contributed by atoms with Crippen LogP contribution in [0.3, 0.4) is 0 Å². The van der Waals surface area contributed by atoms with Crippen LogP contribution in [-0.4, -0.2) is 15.7 Å². The predicted octanol–water partition coefficient (Wildman–Crippen LogP) is 5.45. The highest BCUT2D eigenvalue weighted by Gasteiger charge is 2.14. The number of para-hydroxylation sites is 3. The molecule has 1 aromatic heterocycles. The average Bonchev–Trinajstić information content (AvgIpc) is 2.92. The third-order valence-electron chi connectivity index (χ3n) is 4.16. The summed E-state index contributed by atoms with van der Waals surface area (Å²) in [7, 11) is 0. The predicted molar refractivity (Wildman–Crippen MR) is 106 cm³/mol. The molecular weight excluding hydrogens is 352 g/mol. The first kappa shape index (κ1) is 17.9. The molecule has 0 saturated heterocycles. The van der Waals surface area contributed by atoms with E-state index in [4.69, 9.17) is 11.6 Å². The van der Waals surface area contributed by atoms with Crippen LogP contribution in [0.1, 0.15) is 25.3 Å². The van der Waals surface area contributed by atoms with Crippen molar-refractivity contribution < 1.29 is 4.92 Å². The van der Waals surface area contributed by atoms with Crippen LogP contribution in [0.4, 0.5) is 11.4 Å². The van der Waals surface area contributed by atoms with Crippen molar-refractivity contribution in [3.05, 3.63) is 69.4 Å². The van der Waals surface area contributed by atoms with Gasteiger partial charge in [-0.25, -0.2) is 0 Å². The highest BCUT2D eigenvalue weighted by Crippen LogP contribution is 2.29. The van der Waals surface area contributed by atoms with E-state index in [1.54, 1.807) is 24.4 Å². The Morgan fingerprint density at radius 1 is 1.23 bits per heavy atom. The Labute approximate surface area is 156 Å². The molecule has 1 heterocycles. The lowest BCUT2D eigenvalue weighted by Gasteiger charge is -2.05. The van der Waals surface area contributed by atoms with Gasteiger partial charge in [-0.15, -0.1) is 0 Å². The Hall–Kier alpha value is -2.86. The standard InChI is InChI=1S/C19H19ClN4O2/c1-2-3-12-23-17-10-6-4-8-14(17)15(19(23)20)13-21-22-16-9-5-7-11-18(16)24(25)26/h4-11,13,22H,2-3,12H2,1H3/b21-13-. The number of rotatable bonds is 7. The molecule has 26 heavy (non-hydrogen) atoms. The van der Waals surface area contributed by atoms with Gasteiger partial charge < -0.3 is 4.57 Å². The Bertz CT molecular complexity index is 965. The zero-order chi connectivity index (χ0) is 18.5. The summed E-state index contributed by atoms with van der Waals surface area (Å²) < 4.78 is 2.08. The minimum absolute atomic E-state index is 0.0267. The Morgan fingerprint density at radius 2 is 1.96 bits per heavy atom. The first-order valence-electron chi connectivity index (χ1n) is 8.42. The van der Waals surface area contributed by atoms with Crippen molar-refractivity contribution in [1.29, 1.82) is 0 Å². The van der Waals surface area contributed by atoms with Crippen molar-refractivity contribution in [3.63, 3.8) is 0 Å². The molecule has 0 spiro atoms. The van der Waals surface area contributed by atoms with Crippen LogP contribution in [0.15, 0.2) is 53.6 Å². The first-order valence-corrected chi connectivity index (χ1v) is 8.80. The molecule has 3 aromatic rings. The van der Waals surface area contributed by atoms with Gasteiger partial charge in [0.2, 0.25) is 0 Å². The number of anilines is 1. The lowest BCUT2D eigenvalue weighted by Crippen LogP contribution is -1.98. The smallest absolute Gasteiger partial charge is 0.294 e. The van der Waals surface area contributed by atoms with Crippen molar-refractivity contribution in [3.8, 4) is 0 Å². The molecule has 0 amide bonds. The van der Waals surface area contributed by atoms with E-state index in [1.807, 2.05) is 24.3 Å². The zero-order valence-corrected chi connectivity index (χ0v) is 15.1. The van der Waals surface area contributed by atoms with Gasteiger partial charge in [-0.1, -0.05) is 55.3 Å². The van der Waals surface area contributed by atoms with Gasteiger partial charge >= 0.3 is 0 Å². The molecule has 0 bridgehead atoms. The lowest BCUT2D eigenvalue weighted by atomic mass is 10.2. The van der Waals surface area contributed by atoms with Crippen molar-refractivity contribution in [2.75, 3.05) is 5.43 Å². The average molecular weight is 371 g/mol. The van der Waals surface area contributed by atoms with E-state index in [0.717, 1.165) is 35.9 Å². The quantitative estimate of drug-likeness (QED) is 0.341. The number of benzene rings is 2. The summed E-state index contributed by atoms with van der Waals surface area (Å²) in [4.78, 5) is 10.6. The second-order valence-corrected chi connectivity index (χ2v) is 6.23. The third kappa shape index (κ3) is 3.55. The summed E-state index contributed by atoms with van der Waals surface area (Å²) in [6.07, 6.45) is 3.72. The molecule has 0 unspecified atom stereocenters. The molecule has 1 N–H and O–H groups in total. The van der Waals surface area contributed by atoms with Gasteiger partial charge in [0, 0.05) is 29.1 Å². The fraction of sp³-hybridized carbons (Fsp3) is 0.211. The number of hydrogen-bond donors (Lipinski definition) is 1. The van der Waals surface area contributed by atoms with Crippen molar-refractivity contribution >= 4 is 40.1 Å². The summed E-state index contributed by atoms with van der Waals surface area (Å²) >= 11 is 6.59. The van der Waals surface area contributed by atoms with Crippen LogP contribution in [0, 0.1) is 10.1 Å². The number of nitrogens with zero attached hydrogens (tertiary/aromatic N) is 3. The Kier molecular flexibility index (Phi) is 5.53. The number of nitro benzene ring substituents is 1. The molecule has 134 valence electrons. The van der Waals surface area contributed by atoms with Gasteiger partial charge in [0.25, 0.3) is 5.69 Å². The van der Waals surface area contributed by atoms with Crippen LogP contribution < -0.4 is 5.43 Å². The maximum Gasteiger partial charge on any atom is 0.294 e. The summed E-state index contributed by atoms with van der Waals surface area (Å²) in [6, 6.07) is 14.3. The molecular formula is C19H19ClN4O2. The van der Waals surface area contributed by atoms with Crippen LogP contribution in [0.5, 0.6) is 0 Å². The summed E-state index contributed by atoms with van der Waals surface area (Å²) in [6.45, 7) is 2.97. The molecule has 0 aliphatic carbocycles. The number of nitro groups is 1. The third-order valence-corrected chi connectivity index (χ3v) is 4.57. The molecule has 0 aliphatic rings. The molecule has 0 radical (unpaired) electrons. The van der Waals surface area contributed by atoms with E-state index in [-0.39, 0.29) is 5.69 Å². The monoisotopic (exact) mass is 370 g/mol. The van der Waals surface area contributed by atoms with Gasteiger partial charge in [0.05, 0.1) is 11.1 Å². The van der Waals surface area contributed by atoms with Crippen LogP contribution >= 0.6 is 11.6 Å². The van der Waals surface area contributed by atoms with Gasteiger partial charge in [-0.05, 0) is 18.6 Å². The van der Waals surface area contributed by atoms with E-state index in [1.165, 1.54) is 6.07 Å². The van der Waals surface area contributed by atoms with Crippen molar-refractivity contribution in [2.45, 2.75) is 26.3 Å². The Balaban J connectivity index is 1.93. The normalized spacial score (nSPS) is 11.3. The maximum atomic E-state index is 11.1. The van der Waals surface area contributed by atoms with Gasteiger partial charge in [-0.3, -0.25) is 15.5 Å². The second-order valence-electron chi connectivity index (χ2n) is 5.87. The fourth-order valence-corrected chi connectivity index (χ4v) is 3.18. The topological polar surface area (TPSA) is 72.5 Å². The molecule has 0 atom stereocenters. The minimum Gasteiger partial charge on any atom is -0.331 e. The number of aryl methyl sites for hydroxylation is 1. The summed E-state index contributed by atoms with van der Waals surface area (Å²) in [5.41, 5.74) is 4.90. The van der Waals surface area contributed by atoms with E-state index in [2.05, 4.69) is 22.0 Å². The van der Waals surface area contributed by atoms with Gasteiger partial charge in [0.15, 0.2) is 0 Å². The molecule has 0 saturated carbocycles. The zero-order valence-electron chi connectivity index (χ0n) is 14.4. The second kappa shape index (κ2) is 8.01. The molecule has 7 heteroatoms. The number of nitrogens with one attached hydrogen (secondary N) is 1. The summed E-state index contributed by atoms with van der Waals surface area (Å²) in [5, 5.41) is 16.9. The lowest BCUT2D eigenvalue weighted by molar-refractivity contribution is -0.384. The fourth-order valence-electron chi connectivity index (χ4n) is 2.85. The highest BCUT2D eigenvalue weighted by molar-refractivity contribution is 6.34. The molecule has 0 aliphatic heterocycles. The number of hydrogen-bond acceptors (Lipinski definition) is 4. The van der Waals surface area contributed by atoms with E-state index >= 15 is 0 Å². The highest BCUT2D eigenvalue weighted by atomic mass is 35.5. The molecule has 6 nitrogen and oxygen atoms in total. The van der Waals surface area contributed by atoms with Gasteiger partial charge in [-0.2, -0.15) is 5.10 Å². The van der Waals surface area contributed by atoms with E-state index < -0.39 is 4.92 Å². The largest absolute Gasteiger partial charge is 0.331 e. The maximum absolute atomic E-state index is 11.1. The van der Waals surface area contributed by atoms with E-state index in [0.29, 0.717) is 10.8 Å². The van der Waals surface area contributed by atoms with Crippen molar-refractivity contribution in [1.82, 2.24) is 4.57 Å². The molecule has 2 aromatic carbocycles. The van der Waals surface area contributed by atoms with E-state index in [9.17, 15) is 10.1 Å². The Morgan fingerprint density at radius 3 is 2.73 bits per heavy atom. The van der Waals surface area contributed by atoms with Crippen LogP contribution in [0.2, 0.25) is 5.15 Å². The minimum atomic E-state index is -0.443. The first-order chi connectivity index (χ1) is 12.6.